The lowest BCUT2D eigenvalue weighted by molar-refractivity contribution is -0.120. The number of hydrogen-bond donors (Lipinski definition) is 1. The summed E-state index contributed by atoms with van der Waals surface area (Å²) in [5.41, 5.74) is 0.859. The molecule has 1 N–H and O–H groups in total. The smallest absolute Gasteiger partial charge is 0.264 e. The van der Waals surface area contributed by atoms with Gasteiger partial charge in [-0.2, -0.15) is 0 Å². The van der Waals surface area contributed by atoms with Gasteiger partial charge in [0.1, 0.15) is 11.5 Å². The molecule has 0 fully saturated rings. The van der Waals surface area contributed by atoms with E-state index < -0.39 is 5.78 Å². The van der Waals surface area contributed by atoms with E-state index in [1.165, 1.54) is 11.8 Å². The quantitative estimate of drug-likeness (QED) is 0.367. The molecule has 1 heterocycles. The lowest BCUT2D eigenvalue weighted by atomic mass is 10.1. The van der Waals surface area contributed by atoms with E-state index in [1.54, 1.807) is 25.2 Å². The van der Waals surface area contributed by atoms with Crippen molar-refractivity contribution in [1.29, 1.82) is 0 Å². The van der Waals surface area contributed by atoms with Crippen LogP contribution >= 0.6 is 0 Å². The Bertz CT molecular complexity index is 551. The second-order valence-electron chi connectivity index (χ2n) is 3.94. The Morgan fingerprint density at radius 2 is 2.22 bits per heavy atom. The van der Waals surface area contributed by atoms with Gasteiger partial charge >= 0.3 is 0 Å². The summed E-state index contributed by atoms with van der Waals surface area (Å²) in [6, 6.07) is 4.74. The van der Waals surface area contributed by atoms with Crippen molar-refractivity contribution in [3.05, 3.63) is 23.8 Å². The normalized spacial score (nSPS) is 15.1. The van der Waals surface area contributed by atoms with E-state index in [9.17, 15) is 9.59 Å². The molecule has 1 aromatic rings. The summed E-state index contributed by atoms with van der Waals surface area (Å²) in [6.45, 7) is 1.40. The Kier molecular flexibility index (Phi) is 3.01. The molecule has 1 aliphatic rings. The number of oxime groups is 1. The molecule has 0 radical (unpaired) electrons. The van der Waals surface area contributed by atoms with Crippen LogP contribution in [0.15, 0.2) is 23.4 Å². The van der Waals surface area contributed by atoms with Gasteiger partial charge in [-0.05, 0) is 25.1 Å². The molecule has 0 bridgehead atoms. The van der Waals surface area contributed by atoms with E-state index in [4.69, 9.17) is 9.94 Å². The van der Waals surface area contributed by atoms with Gasteiger partial charge in [0.25, 0.3) is 5.91 Å². The lowest BCUT2D eigenvalue weighted by Crippen LogP contribution is -2.35. The Hall–Kier alpha value is -2.37. The van der Waals surface area contributed by atoms with Crippen LogP contribution in [-0.4, -0.2) is 36.3 Å². The number of hydrogen-bond acceptors (Lipinski definition) is 5. The van der Waals surface area contributed by atoms with Crippen LogP contribution in [0.1, 0.15) is 17.3 Å². The highest BCUT2D eigenvalue weighted by molar-refractivity contribution is 6.45. The van der Waals surface area contributed by atoms with Crippen LogP contribution in [0.2, 0.25) is 0 Å². The van der Waals surface area contributed by atoms with Gasteiger partial charge in [-0.3, -0.25) is 9.59 Å². The number of carbonyl (C=O) groups excluding carboxylic acids is 2. The summed E-state index contributed by atoms with van der Waals surface area (Å²) in [6.07, 6.45) is 0. The van der Waals surface area contributed by atoms with Crippen LogP contribution in [0.3, 0.4) is 0 Å². The Morgan fingerprint density at radius 1 is 1.50 bits per heavy atom. The molecule has 94 valence electrons. The predicted molar refractivity (Wildman–Crippen MR) is 64.6 cm³/mol. The van der Waals surface area contributed by atoms with Gasteiger partial charge in [-0.15, -0.1) is 0 Å². The number of rotatable bonds is 2. The van der Waals surface area contributed by atoms with Crippen molar-refractivity contribution in [1.82, 2.24) is 0 Å². The SMILES string of the molecule is CC(=NO)C(=O)c1ccc2c(c1)N(C)C(=O)CO2. The largest absolute Gasteiger partial charge is 0.482 e. The summed E-state index contributed by atoms with van der Waals surface area (Å²) in [4.78, 5) is 24.7. The maximum Gasteiger partial charge on any atom is 0.264 e. The van der Waals surface area contributed by atoms with Crippen LogP contribution in [-0.2, 0) is 4.79 Å². The van der Waals surface area contributed by atoms with E-state index in [2.05, 4.69) is 5.16 Å². The third-order valence-corrected chi connectivity index (χ3v) is 2.79. The zero-order valence-corrected chi connectivity index (χ0v) is 10.0. The van der Waals surface area contributed by atoms with Gasteiger partial charge in [0, 0.05) is 12.6 Å². The number of Topliss-reactive ketones (excluding diaryl/α,β-unsaturated/α-hetero) is 1. The molecule has 0 atom stereocenters. The second kappa shape index (κ2) is 4.48. The van der Waals surface area contributed by atoms with E-state index in [1.807, 2.05) is 0 Å². The van der Waals surface area contributed by atoms with Crippen LogP contribution in [0.25, 0.3) is 0 Å². The maximum absolute atomic E-state index is 11.8. The molecule has 1 aromatic carbocycles. The number of amides is 1. The van der Waals surface area contributed by atoms with Gasteiger partial charge in [-0.1, -0.05) is 5.16 Å². The molecule has 0 spiro atoms. The molecule has 0 saturated carbocycles. The molecule has 0 aliphatic carbocycles. The number of ketones is 1. The van der Waals surface area contributed by atoms with Crippen molar-refractivity contribution in [2.75, 3.05) is 18.6 Å². The molecule has 0 aromatic heterocycles. The molecule has 6 nitrogen and oxygen atoms in total. The van der Waals surface area contributed by atoms with Gasteiger partial charge in [-0.25, -0.2) is 0 Å². The van der Waals surface area contributed by atoms with E-state index >= 15 is 0 Å². The maximum atomic E-state index is 11.8. The first-order chi connectivity index (χ1) is 8.54. The highest BCUT2D eigenvalue weighted by Crippen LogP contribution is 2.32. The monoisotopic (exact) mass is 248 g/mol. The molecular weight excluding hydrogens is 236 g/mol. The van der Waals surface area contributed by atoms with Crippen molar-refractivity contribution in [2.24, 2.45) is 5.16 Å². The number of anilines is 1. The highest BCUT2D eigenvalue weighted by atomic mass is 16.5. The van der Waals surface area contributed by atoms with Crippen LogP contribution < -0.4 is 9.64 Å². The molecule has 1 aliphatic heterocycles. The summed E-state index contributed by atoms with van der Waals surface area (Å²) in [5.74, 6) is -0.0291. The van der Waals surface area contributed by atoms with E-state index in [0.717, 1.165) is 0 Å². The molecule has 6 heteroatoms. The number of benzene rings is 1. The van der Waals surface area contributed by atoms with Crippen LogP contribution in [0, 0.1) is 0 Å². The summed E-state index contributed by atoms with van der Waals surface area (Å²) in [7, 11) is 1.62. The number of nitrogens with zero attached hydrogens (tertiary/aromatic N) is 2. The fraction of sp³-hybridized carbons (Fsp3) is 0.250. The van der Waals surface area contributed by atoms with E-state index in [0.29, 0.717) is 17.0 Å². The molecular formula is C12H12N2O4. The van der Waals surface area contributed by atoms with Crippen molar-refractivity contribution >= 4 is 23.1 Å². The van der Waals surface area contributed by atoms with Gasteiger partial charge in [0.2, 0.25) is 5.78 Å². The van der Waals surface area contributed by atoms with Crippen molar-refractivity contribution in [3.63, 3.8) is 0 Å². The fourth-order valence-corrected chi connectivity index (χ4v) is 1.67. The summed E-state index contributed by atoms with van der Waals surface area (Å²) < 4.78 is 5.25. The Morgan fingerprint density at radius 3 is 2.89 bits per heavy atom. The number of likely N-dealkylation sites (N-methyl/N-ethyl adjacent to an activating group) is 1. The molecule has 0 unspecified atom stereocenters. The molecule has 0 saturated heterocycles. The zero-order chi connectivity index (χ0) is 13.3. The van der Waals surface area contributed by atoms with Gasteiger partial charge in [0.05, 0.1) is 5.69 Å². The van der Waals surface area contributed by atoms with Crippen molar-refractivity contribution in [2.45, 2.75) is 6.92 Å². The molecule has 2 rings (SSSR count). The molecule has 18 heavy (non-hydrogen) atoms. The zero-order valence-electron chi connectivity index (χ0n) is 10.0. The van der Waals surface area contributed by atoms with Gasteiger partial charge in [0.15, 0.2) is 6.61 Å². The average molecular weight is 248 g/mol. The Balaban J connectivity index is 2.43. The first-order valence-electron chi connectivity index (χ1n) is 5.31. The third-order valence-electron chi connectivity index (χ3n) is 2.79. The average Bonchev–Trinajstić information content (AvgIpc) is 2.41. The summed E-state index contributed by atoms with van der Waals surface area (Å²) >= 11 is 0. The van der Waals surface area contributed by atoms with Crippen molar-refractivity contribution in [3.8, 4) is 5.75 Å². The van der Waals surface area contributed by atoms with E-state index in [-0.39, 0.29) is 18.2 Å². The first kappa shape index (κ1) is 12.1. The summed E-state index contributed by atoms with van der Waals surface area (Å²) in [5, 5.41) is 11.4. The minimum absolute atomic E-state index is 0.00603. The lowest BCUT2D eigenvalue weighted by Gasteiger charge is -2.26. The third kappa shape index (κ3) is 1.92. The molecule has 1 amide bonds. The number of ether oxygens (including phenoxy) is 1. The minimum Gasteiger partial charge on any atom is -0.482 e. The standard InChI is InChI=1S/C12H12N2O4/c1-7(13-17)12(16)8-3-4-10-9(5-8)14(2)11(15)6-18-10/h3-5,17H,6H2,1-2H3. The number of carbonyl (C=O) groups is 2. The fourth-order valence-electron chi connectivity index (χ4n) is 1.67. The second-order valence-corrected chi connectivity index (χ2v) is 3.94. The topological polar surface area (TPSA) is 79.2 Å². The van der Waals surface area contributed by atoms with Crippen LogP contribution in [0.5, 0.6) is 5.75 Å². The highest BCUT2D eigenvalue weighted by Gasteiger charge is 2.23. The number of fused-ring (bicyclic) bond motifs is 1. The Labute approximate surface area is 103 Å². The first-order valence-corrected chi connectivity index (χ1v) is 5.31. The van der Waals surface area contributed by atoms with Crippen molar-refractivity contribution < 1.29 is 19.5 Å². The minimum atomic E-state index is -0.397. The van der Waals surface area contributed by atoms with Crippen LogP contribution in [0.4, 0.5) is 5.69 Å². The van der Waals surface area contributed by atoms with Gasteiger partial charge < -0.3 is 14.8 Å². The predicted octanol–water partition coefficient (Wildman–Crippen LogP) is 1.07.